The summed E-state index contributed by atoms with van der Waals surface area (Å²) in [6, 6.07) is 12.9. The molecule has 2 aromatic carbocycles. The van der Waals surface area contributed by atoms with Gasteiger partial charge in [-0.3, -0.25) is 0 Å². The number of hydrogen-bond donors (Lipinski definition) is 2. The molecule has 0 saturated heterocycles. The Morgan fingerprint density at radius 1 is 1.09 bits per heavy atom. The van der Waals surface area contributed by atoms with Crippen LogP contribution in [0.2, 0.25) is 0 Å². The van der Waals surface area contributed by atoms with Crippen LogP contribution in [0.1, 0.15) is 11.1 Å². The molecule has 1 aliphatic rings. The molecule has 110 valence electrons. The standard InChI is InChI=1S/C17H15N3O2/c21-13-6-4-11(5-7-13)16-19-17(22-20-16)15-3-1-2-12-10-18-9-8-14(12)15/h1-7,18,21H,8-10H2. The van der Waals surface area contributed by atoms with Gasteiger partial charge in [-0.25, -0.2) is 0 Å². The van der Waals surface area contributed by atoms with Crippen LogP contribution in [0.5, 0.6) is 5.75 Å². The zero-order chi connectivity index (χ0) is 14.9. The molecule has 0 unspecified atom stereocenters. The van der Waals surface area contributed by atoms with Crippen LogP contribution in [0.25, 0.3) is 22.8 Å². The highest BCUT2D eigenvalue weighted by Crippen LogP contribution is 2.29. The molecule has 0 spiro atoms. The first-order chi connectivity index (χ1) is 10.8. The molecule has 0 radical (unpaired) electrons. The summed E-state index contributed by atoms with van der Waals surface area (Å²) < 4.78 is 5.46. The van der Waals surface area contributed by atoms with Crippen LogP contribution < -0.4 is 5.32 Å². The summed E-state index contributed by atoms with van der Waals surface area (Å²) in [5, 5.41) is 16.8. The van der Waals surface area contributed by atoms with E-state index >= 15 is 0 Å². The zero-order valence-corrected chi connectivity index (χ0v) is 11.9. The van der Waals surface area contributed by atoms with Gasteiger partial charge in [0.2, 0.25) is 5.82 Å². The van der Waals surface area contributed by atoms with E-state index in [1.807, 2.05) is 12.1 Å². The Morgan fingerprint density at radius 2 is 1.95 bits per heavy atom. The molecular formula is C17H15N3O2. The van der Waals surface area contributed by atoms with Gasteiger partial charge in [0.25, 0.3) is 5.89 Å². The fraction of sp³-hybridized carbons (Fsp3) is 0.176. The molecule has 0 bridgehead atoms. The van der Waals surface area contributed by atoms with Crippen molar-refractivity contribution in [2.75, 3.05) is 6.54 Å². The number of benzene rings is 2. The molecule has 1 aliphatic heterocycles. The number of phenols is 1. The number of fused-ring (bicyclic) bond motifs is 1. The molecule has 0 atom stereocenters. The molecule has 0 fully saturated rings. The third-order valence-electron chi connectivity index (χ3n) is 3.92. The van der Waals surface area contributed by atoms with Crippen molar-refractivity contribution in [3.63, 3.8) is 0 Å². The average Bonchev–Trinajstić information content (AvgIpc) is 3.05. The van der Waals surface area contributed by atoms with Gasteiger partial charge in [0.1, 0.15) is 5.75 Å². The normalized spacial score (nSPS) is 13.8. The molecule has 2 N–H and O–H groups in total. The number of nitrogens with one attached hydrogen (secondary N) is 1. The molecule has 0 amide bonds. The Labute approximate surface area is 127 Å². The van der Waals surface area contributed by atoms with Gasteiger partial charge in [-0.15, -0.1) is 0 Å². The lowest BCUT2D eigenvalue weighted by molar-refractivity contribution is 0.431. The van der Waals surface area contributed by atoms with Crippen LogP contribution in [0.3, 0.4) is 0 Å². The number of aromatic nitrogens is 2. The molecule has 0 aliphatic carbocycles. The van der Waals surface area contributed by atoms with E-state index in [1.165, 1.54) is 11.1 Å². The van der Waals surface area contributed by atoms with Gasteiger partial charge in [0.15, 0.2) is 0 Å². The molecule has 0 saturated carbocycles. The monoisotopic (exact) mass is 293 g/mol. The molecule has 5 heteroatoms. The third-order valence-corrected chi connectivity index (χ3v) is 3.92. The average molecular weight is 293 g/mol. The van der Waals surface area contributed by atoms with Crippen molar-refractivity contribution >= 4 is 0 Å². The minimum absolute atomic E-state index is 0.220. The first-order valence-electron chi connectivity index (χ1n) is 7.26. The van der Waals surface area contributed by atoms with E-state index in [0.29, 0.717) is 11.7 Å². The number of aromatic hydroxyl groups is 1. The van der Waals surface area contributed by atoms with E-state index in [4.69, 9.17) is 4.52 Å². The van der Waals surface area contributed by atoms with E-state index in [9.17, 15) is 5.11 Å². The maximum absolute atomic E-state index is 9.35. The fourth-order valence-electron chi connectivity index (χ4n) is 2.79. The van der Waals surface area contributed by atoms with Crippen LogP contribution in [0.15, 0.2) is 47.0 Å². The van der Waals surface area contributed by atoms with Crippen LogP contribution in [-0.2, 0) is 13.0 Å². The van der Waals surface area contributed by atoms with Gasteiger partial charge in [-0.1, -0.05) is 17.3 Å². The van der Waals surface area contributed by atoms with Crippen LogP contribution >= 0.6 is 0 Å². The Kier molecular flexibility index (Phi) is 3.12. The SMILES string of the molecule is Oc1ccc(-c2noc(-c3cccc4c3CCNC4)n2)cc1. The zero-order valence-electron chi connectivity index (χ0n) is 11.9. The topological polar surface area (TPSA) is 71.2 Å². The van der Waals surface area contributed by atoms with Gasteiger partial charge < -0.3 is 14.9 Å². The van der Waals surface area contributed by atoms with Gasteiger partial charge in [0, 0.05) is 17.7 Å². The van der Waals surface area contributed by atoms with Crippen LogP contribution in [0, 0.1) is 0 Å². The van der Waals surface area contributed by atoms with Crippen molar-refractivity contribution in [1.29, 1.82) is 0 Å². The lowest BCUT2D eigenvalue weighted by Gasteiger charge is -2.18. The second kappa shape index (κ2) is 5.27. The predicted molar refractivity (Wildman–Crippen MR) is 82.2 cm³/mol. The molecule has 3 aromatic rings. The Hall–Kier alpha value is -2.66. The maximum atomic E-state index is 9.35. The maximum Gasteiger partial charge on any atom is 0.258 e. The van der Waals surface area contributed by atoms with E-state index in [2.05, 4.69) is 21.5 Å². The Morgan fingerprint density at radius 3 is 2.82 bits per heavy atom. The second-order valence-electron chi connectivity index (χ2n) is 5.34. The number of phenolic OH excluding ortho intramolecular Hbond substituents is 1. The van der Waals surface area contributed by atoms with E-state index in [0.717, 1.165) is 30.6 Å². The quantitative estimate of drug-likeness (QED) is 0.760. The Balaban J connectivity index is 1.74. The van der Waals surface area contributed by atoms with Crippen molar-refractivity contribution in [2.45, 2.75) is 13.0 Å². The largest absolute Gasteiger partial charge is 0.508 e. The summed E-state index contributed by atoms with van der Waals surface area (Å²) in [6.45, 7) is 1.84. The van der Waals surface area contributed by atoms with Crippen molar-refractivity contribution in [2.24, 2.45) is 0 Å². The van der Waals surface area contributed by atoms with Crippen molar-refractivity contribution in [3.8, 4) is 28.6 Å². The first kappa shape index (κ1) is 13.0. The highest BCUT2D eigenvalue weighted by Gasteiger charge is 2.18. The molecule has 1 aromatic heterocycles. The van der Waals surface area contributed by atoms with E-state index in [-0.39, 0.29) is 5.75 Å². The Bertz CT molecular complexity index is 809. The number of nitrogens with zero attached hydrogens (tertiary/aromatic N) is 2. The van der Waals surface area contributed by atoms with Gasteiger partial charge in [-0.05, 0) is 54.4 Å². The number of hydrogen-bond acceptors (Lipinski definition) is 5. The van der Waals surface area contributed by atoms with Gasteiger partial charge >= 0.3 is 0 Å². The lowest BCUT2D eigenvalue weighted by Crippen LogP contribution is -2.24. The molecule has 22 heavy (non-hydrogen) atoms. The second-order valence-corrected chi connectivity index (χ2v) is 5.34. The highest BCUT2D eigenvalue weighted by molar-refractivity contribution is 5.64. The molecule has 5 nitrogen and oxygen atoms in total. The lowest BCUT2D eigenvalue weighted by atomic mass is 9.95. The smallest absolute Gasteiger partial charge is 0.258 e. The predicted octanol–water partition coefficient (Wildman–Crippen LogP) is 2.75. The summed E-state index contributed by atoms with van der Waals surface area (Å²) in [5.41, 5.74) is 4.39. The number of rotatable bonds is 2. The molecular weight excluding hydrogens is 278 g/mol. The summed E-state index contributed by atoms with van der Waals surface area (Å²) in [4.78, 5) is 4.51. The minimum atomic E-state index is 0.220. The van der Waals surface area contributed by atoms with Crippen molar-refractivity contribution in [1.82, 2.24) is 15.5 Å². The van der Waals surface area contributed by atoms with Gasteiger partial charge in [0.05, 0.1) is 0 Å². The summed E-state index contributed by atoms with van der Waals surface area (Å²) >= 11 is 0. The summed E-state index contributed by atoms with van der Waals surface area (Å²) in [5.74, 6) is 1.29. The minimum Gasteiger partial charge on any atom is -0.508 e. The third kappa shape index (κ3) is 2.25. The highest BCUT2D eigenvalue weighted by atomic mass is 16.5. The van der Waals surface area contributed by atoms with E-state index < -0.39 is 0 Å². The van der Waals surface area contributed by atoms with Crippen LogP contribution in [-0.4, -0.2) is 21.8 Å². The van der Waals surface area contributed by atoms with Gasteiger partial charge in [-0.2, -0.15) is 4.98 Å². The van der Waals surface area contributed by atoms with Crippen molar-refractivity contribution < 1.29 is 9.63 Å². The summed E-state index contributed by atoms with van der Waals surface area (Å²) in [6.07, 6.45) is 0.961. The van der Waals surface area contributed by atoms with Crippen molar-refractivity contribution in [3.05, 3.63) is 53.6 Å². The molecule has 2 heterocycles. The van der Waals surface area contributed by atoms with E-state index in [1.54, 1.807) is 24.3 Å². The van der Waals surface area contributed by atoms with Crippen LogP contribution in [0.4, 0.5) is 0 Å². The fourth-order valence-corrected chi connectivity index (χ4v) is 2.79. The first-order valence-corrected chi connectivity index (χ1v) is 7.26. The molecule has 4 rings (SSSR count). The summed E-state index contributed by atoms with van der Waals surface area (Å²) in [7, 11) is 0.